The minimum atomic E-state index is 0.683. The van der Waals surface area contributed by atoms with E-state index in [0.29, 0.717) is 12.4 Å². The Morgan fingerprint density at radius 1 is 1.00 bits per heavy atom. The Morgan fingerprint density at radius 3 is 2.54 bits per heavy atom. The van der Waals surface area contributed by atoms with Crippen molar-refractivity contribution in [1.82, 2.24) is 4.90 Å². The van der Waals surface area contributed by atoms with Gasteiger partial charge in [0.15, 0.2) is 11.5 Å². The molecular weight excluding hydrogens is 328 g/mol. The normalized spacial score (nSPS) is 13.2. The van der Waals surface area contributed by atoms with Crippen LogP contribution < -0.4 is 14.2 Å². The predicted molar refractivity (Wildman–Crippen MR) is 104 cm³/mol. The highest BCUT2D eigenvalue weighted by Gasteiger charge is 2.18. The SMILES string of the molecule is COc1ccc(C2=NCCc3cc(OCCN(C)C)ccc32)cc1OC. The van der Waals surface area contributed by atoms with E-state index in [2.05, 4.69) is 17.0 Å². The Morgan fingerprint density at radius 2 is 1.81 bits per heavy atom. The number of rotatable bonds is 7. The Labute approximate surface area is 155 Å². The van der Waals surface area contributed by atoms with Gasteiger partial charge in [0.05, 0.1) is 19.9 Å². The summed E-state index contributed by atoms with van der Waals surface area (Å²) in [6, 6.07) is 12.2. The molecule has 2 aromatic carbocycles. The van der Waals surface area contributed by atoms with Crippen LogP contribution >= 0.6 is 0 Å². The van der Waals surface area contributed by atoms with Gasteiger partial charge in [0.2, 0.25) is 0 Å². The summed E-state index contributed by atoms with van der Waals surface area (Å²) in [5.74, 6) is 2.35. The van der Waals surface area contributed by atoms with Crippen LogP contribution in [0.3, 0.4) is 0 Å². The Kier molecular flexibility index (Phi) is 5.78. The van der Waals surface area contributed by atoms with E-state index in [1.807, 2.05) is 38.4 Å². The van der Waals surface area contributed by atoms with Gasteiger partial charge in [-0.3, -0.25) is 4.99 Å². The molecular formula is C21H26N2O3. The van der Waals surface area contributed by atoms with Crippen LogP contribution in [0.15, 0.2) is 41.4 Å². The molecule has 1 aliphatic heterocycles. The first kappa shape index (κ1) is 18.3. The molecule has 26 heavy (non-hydrogen) atoms. The van der Waals surface area contributed by atoms with Crippen molar-refractivity contribution in [1.29, 1.82) is 0 Å². The molecule has 3 rings (SSSR count). The van der Waals surface area contributed by atoms with Gasteiger partial charge in [-0.25, -0.2) is 0 Å². The van der Waals surface area contributed by atoms with E-state index in [-0.39, 0.29) is 0 Å². The summed E-state index contributed by atoms with van der Waals surface area (Å²) in [5, 5.41) is 0. The van der Waals surface area contributed by atoms with E-state index in [1.54, 1.807) is 14.2 Å². The molecule has 2 aromatic rings. The lowest BCUT2D eigenvalue weighted by Gasteiger charge is -2.19. The van der Waals surface area contributed by atoms with Gasteiger partial charge in [0, 0.05) is 24.2 Å². The Balaban J connectivity index is 1.85. The predicted octanol–water partition coefficient (Wildman–Crippen LogP) is 3.04. The van der Waals surface area contributed by atoms with Crippen molar-refractivity contribution in [3.8, 4) is 17.2 Å². The fraction of sp³-hybridized carbons (Fsp3) is 0.381. The molecule has 0 aliphatic carbocycles. The summed E-state index contributed by atoms with van der Waals surface area (Å²) in [6.07, 6.45) is 0.928. The Hall–Kier alpha value is -2.53. The second kappa shape index (κ2) is 8.23. The largest absolute Gasteiger partial charge is 0.493 e. The van der Waals surface area contributed by atoms with E-state index in [4.69, 9.17) is 19.2 Å². The number of ether oxygens (including phenoxy) is 3. The molecule has 0 fully saturated rings. The molecule has 0 amide bonds. The van der Waals surface area contributed by atoms with Crippen LogP contribution in [0.5, 0.6) is 17.2 Å². The molecule has 0 unspecified atom stereocenters. The van der Waals surface area contributed by atoms with Gasteiger partial charge in [0.1, 0.15) is 12.4 Å². The zero-order chi connectivity index (χ0) is 18.5. The summed E-state index contributed by atoms with van der Waals surface area (Å²) in [4.78, 5) is 6.87. The monoisotopic (exact) mass is 354 g/mol. The minimum Gasteiger partial charge on any atom is -0.493 e. The summed E-state index contributed by atoms with van der Waals surface area (Å²) in [6.45, 7) is 2.36. The number of fused-ring (bicyclic) bond motifs is 1. The van der Waals surface area contributed by atoms with Crippen LogP contribution in [0.2, 0.25) is 0 Å². The molecule has 0 aromatic heterocycles. The zero-order valence-electron chi connectivity index (χ0n) is 15.9. The van der Waals surface area contributed by atoms with Crippen LogP contribution in [0.25, 0.3) is 0 Å². The first-order valence-corrected chi connectivity index (χ1v) is 8.80. The number of hydrogen-bond acceptors (Lipinski definition) is 5. The highest BCUT2D eigenvalue weighted by atomic mass is 16.5. The average Bonchev–Trinajstić information content (AvgIpc) is 2.66. The van der Waals surface area contributed by atoms with E-state index in [1.165, 1.54) is 5.56 Å². The number of aliphatic imine (C=N–C) groups is 1. The van der Waals surface area contributed by atoms with Crippen LogP contribution in [-0.2, 0) is 6.42 Å². The molecule has 1 aliphatic rings. The van der Waals surface area contributed by atoms with Gasteiger partial charge in [-0.05, 0) is 62.5 Å². The smallest absolute Gasteiger partial charge is 0.161 e. The first-order chi connectivity index (χ1) is 12.6. The lowest BCUT2D eigenvalue weighted by Crippen LogP contribution is -2.19. The maximum Gasteiger partial charge on any atom is 0.161 e. The van der Waals surface area contributed by atoms with E-state index >= 15 is 0 Å². The van der Waals surface area contributed by atoms with Gasteiger partial charge in [-0.2, -0.15) is 0 Å². The third kappa shape index (κ3) is 3.99. The molecule has 0 N–H and O–H groups in total. The van der Waals surface area contributed by atoms with Crippen molar-refractivity contribution in [2.24, 2.45) is 4.99 Å². The molecule has 5 heteroatoms. The quantitative estimate of drug-likeness (QED) is 0.767. The molecule has 0 saturated carbocycles. The van der Waals surface area contributed by atoms with Crippen molar-refractivity contribution in [3.63, 3.8) is 0 Å². The van der Waals surface area contributed by atoms with Gasteiger partial charge >= 0.3 is 0 Å². The molecule has 5 nitrogen and oxygen atoms in total. The number of methoxy groups -OCH3 is 2. The van der Waals surface area contributed by atoms with E-state index < -0.39 is 0 Å². The van der Waals surface area contributed by atoms with Crippen molar-refractivity contribution in [3.05, 3.63) is 53.1 Å². The standard InChI is InChI=1S/C21H26N2O3/c1-23(2)11-12-26-17-6-7-18-15(13-17)9-10-22-21(18)16-5-8-19(24-3)20(14-16)25-4/h5-8,13-14H,9-12H2,1-4H3. The number of nitrogens with zero attached hydrogens (tertiary/aromatic N) is 2. The van der Waals surface area contributed by atoms with Crippen LogP contribution in [0.1, 0.15) is 16.7 Å². The molecule has 0 saturated heterocycles. The third-order valence-electron chi connectivity index (χ3n) is 4.45. The van der Waals surface area contributed by atoms with Crippen molar-refractivity contribution in [2.75, 3.05) is 48.0 Å². The van der Waals surface area contributed by atoms with E-state index in [9.17, 15) is 0 Å². The van der Waals surface area contributed by atoms with Gasteiger partial charge in [-0.15, -0.1) is 0 Å². The van der Waals surface area contributed by atoms with Crippen molar-refractivity contribution < 1.29 is 14.2 Å². The van der Waals surface area contributed by atoms with Crippen molar-refractivity contribution >= 4 is 5.71 Å². The summed E-state index contributed by atoms with van der Waals surface area (Å²) < 4.78 is 16.6. The number of benzene rings is 2. The number of likely N-dealkylation sites (N-methyl/N-ethyl adjacent to an activating group) is 1. The maximum absolute atomic E-state index is 5.87. The highest BCUT2D eigenvalue weighted by Crippen LogP contribution is 2.31. The van der Waals surface area contributed by atoms with Crippen LogP contribution in [0, 0.1) is 0 Å². The topological polar surface area (TPSA) is 43.3 Å². The molecule has 0 bridgehead atoms. The molecule has 0 atom stereocenters. The second-order valence-electron chi connectivity index (χ2n) is 6.52. The lowest BCUT2D eigenvalue weighted by atomic mass is 9.93. The summed E-state index contributed by atoms with van der Waals surface area (Å²) >= 11 is 0. The fourth-order valence-corrected chi connectivity index (χ4v) is 3.05. The first-order valence-electron chi connectivity index (χ1n) is 8.80. The fourth-order valence-electron chi connectivity index (χ4n) is 3.05. The highest BCUT2D eigenvalue weighted by molar-refractivity contribution is 6.14. The number of hydrogen-bond donors (Lipinski definition) is 0. The van der Waals surface area contributed by atoms with E-state index in [0.717, 1.165) is 47.8 Å². The second-order valence-corrected chi connectivity index (χ2v) is 6.52. The maximum atomic E-state index is 5.87. The molecule has 1 heterocycles. The van der Waals surface area contributed by atoms with Gasteiger partial charge in [0.25, 0.3) is 0 Å². The molecule has 0 spiro atoms. The van der Waals surface area contributed by atoms with Gasteiger partial charge < -0.3 is 19.1 Å². The third-order valence-corrected chi connectivity index (χ3v) is 4.45. The van der Waals surface area contributed by atoms with Gasteiger partial charge in [-0.1, -0.05) is 0 Å². The average molecular weight is 354 g/mol. The molecule has 0 radical (unpaired) electrons. The Bertz CT molecular complexity index is 800. The minimum absolute atomic E-state index is 0.683. The lowest BCUT2D eigenvalue weighted by molar-refractivity contribution is 0.261. The van der Waals surface area contributed by atoms with Crippen LogP contribution in [-0.4, -0.2) is 58.6 Å². The molecule has 138 valence electrons. The zero-order valence-corrected chi connectivity index (χ0v) is 15.9. The van der Waals surface area contributed by atoms with Crippen molar-refractivity contribution in [2.45, 2.75) is 6.42 Å². The van der Waals surface area contributed by atoms with Crippen LogP contribution in [0.4, 0.5) is 0 Å². The summed E-state index contributed by atoms with van der Waals surface area (Å²) in [5.41, 5.74) is 4.45. The summed E-state index contributed by atoms with van der Waals surface area (Å²) in [7, 11) is 7.38.